The molecule has 1 rings (SSSR count). The molecule has 0 heterocycles. The number of aliphatic hydroxyl groups is 1. The van der Waals surface area contributed by atoms with Crippen LogP contribution in [-0.4, -0.2) is 42.9 Å². The number of aliphatic hydroxyl groups excluding tert-OH is 1. The molecule has 2 unspecified atom stereocenters. The highest BCUT2D eigenvalue weighted by Gasteiger charge is 2.31. The Hall–Kier alpha value is 0.130. The van der Waals surface area contributed by atoms with Gasteiger partial charge in [-0.3, -0.25) is 0 Å². The van der Waals surface area contributed by atoms with E-state index in [-0.39, 0.29) is 30.6 Å². The van der Waals surface area contributed by atoms with Crippen molar-refractivity contribution in [2.24, 2.45) is 11.3 Å². The van der Waals surface area contributed by atoms with Crippen LogP contribution in [0.4, 0.5) is 0 Å². The van der Waals surface area contributed by atoms with E-state index in [0.29, 0.717) is 17.4 Å². The number of hydrogen-bond acceptors (Lipinski definition) is 1. The molecule has 0 radical (unpaired) electrons. The van der Waals surface area contributed by atoms with E-state index in [9.17, 15) is 0 Å². The predicted molar refractivity (Wildman–Crippen MR) is 82.9 cm³/mol. The van der Waals surface area contributed by atoms with E-state index >= 15 is 0 Å². The van der Waals surface area contributed by atoms with Gasteiger partial charge in [0.2, 0.25) is 0 Å². The van der Waals surface area contributed by atoms with E-state index in [1.54, 1.807) is 0 Å². The van der Waals surface area contributed by atoms with Crippen molar-refractivity contribution in [3.8, 4) is 0 Å². The zero-order chi connectivity index (χ0) is 14.7. The first-order valence-electron chi connectivity index (χ1n) is 7.49. The molecule has 0 aliphatic heterocycles. The maximum atomic E-state index is 9.14. The number of halogens is 1. The summed E-state index contributed by atoms with van der Waals surface area (Å²) in [6, 6.07) is 0.428. The Labute approximate surface area is 142 Å². The van der Waals surface area contributed by atoms with Crippen molar-refractivity contribution < 1.29 is 33.6 Å². The summed E-state index contributed by atoms with van der Waals surface area (Å²) in [5.41, 5.74) is 1.87. The van der Waals surface area contributed by atoms with E-state index in [0.717, 1.165) is 11.0 Å². The molecule has 0 fully saturated rings. The molecule has 0 aromatic rings. The molecule has 0 saturated carbocycles. The molecule has 2 atom stereocenters. The molecule has 1 aliphatic carbocycles. The van der Waals surface area contributed by atoms with Crippen LogP contribution in [0.15, 0.2) is 23.8 Å². The summed E-state index contributed by atoms with van der Waals surface area (Å²) in [5.74, 6) is 0.554. The molecule has 20 heavy (non-hydrogen) atoms. The predicted octanol–water partition coefficient (Wildman–Crippen LogP) is 0.386. The van der Waals surface area contributed by atoms with Gasteiger partial charge in [-0.15, -0.1) is 0 Å². The minimum absolute atomic E-state index is 0. The molecule has 0 spiro atoms. The van der Waals surface area contributed by atoms with Crippen LogP contribution in [0.2, 0.25) is 0 Å². The molecule has 0 bridgehead atoms. The highest BCUT2D eigenvalue weighted by atomic mass is 127. The number of hydrogen-bond donors (Lipinski definition) is 1. The second kappa shape index (κ2) is 7.95. The smallest absolute Gasteiger partial charge is 0.104 e. The Bertz CT molecular complexity index is 358. The van der Waals surface area contributed by atoms with Crippen molar-refractivity contribution in [3.63, 3.8) is 0 Å². The van der Waals surface area contributed by atoms with Crippen molar-refractivity contribution in [2.75, 3.05) is 27.2 Å². The lowest BCUT2D eigenvalue weighted by Gasteiger charge is -2.38. The first-order valence-corrected chi connectivity index (χ1v) is 7.49. The van der Waals surface area contributed by atoms with Crippen molar-refractivity contribution in [1.29, 1.82) is 0 Å². The molecule has 0 aromatic heterocycles. The van der Waals surface area contributed by atoms with E-state index in [1.807, 2.05) is 0 Å². The number of allylic oxidation sites excluding steroid dienone is 3. The summed E-state index contributed by atoms with van der Waals surface area (Å²) in [4.78, 5) is 0. The van der Waals surface area contributed by atoms with Crippen LogP contribution in [0, 0.1) is 11.3 Å². The summed E-state index contributed by atoms with van der Waals surface area (Å²) < 4.78 is 0.836. The van der Waals surface area contributed by atoms with E-state index < -0.39 is 0 Å². The Balaban J connectivity index is 0.00000361. The van der Waals surface area contributed by atoms with Crippen molar-refractivity contribution in [2.45, 2.75) is 46.6 Å². The number of rotatable bonds is 5. The van der Waals surface area contributed by atoms with Crippen molar-refractivity contribution >= 4 is 0 Å². The van der Waals surface area contributed by atoms with Gasteiger partial charge < -0.3 is 33.6 Å². The maximum Gasteiger partial charge on any atom is 0.104 e. The van der Waals surface area contributed by atoms with Crippen LogP contribution in [-0.2, 0) is 0 Å². The molecule has 1 N–H and O–H groups in total. The second-order valence-corrected chi connectivity index (χ2v) is 7.30. The van der Waals surface area contributed by atoms with Gasteiger partial charge in [0.1, 0.15) is 12.6 Å². The molecule has 2 nitrogen and oxygen atoms in total. The summed E-state index contributed by atoms with van der Waals surface area (Å²) in [5, 5.41) is 9.14. The zero-order valence-electron chi connectivity index (χ0n) is 14.0. The average molecular weight is 393 g/mol. The Morgan fingerprint density at radius 1 is 1.45 bits per heavy atom. The Kier molecular flexibility index (Phi) is 8.00. The highest BCUT2D eigenvalue weighted by Crippen LogP contribution is 2.41. The first kappa shape index (κ1) is 20.1. The van der Waals surface area contributed by atoms with Gasteiger partial charge in [-0.2, -0.15) is 0 Å². The highest BCUT2D eigenvalue weighted by molar-refractivity contribution is 5.19. The van der Waals surface area contributed by atoms with Crippen LogP contribution in [0.5, 0.6) is 0 Å². The van der Waals surface area contributed by atoms with Crippen LogP contribution in [0.3, 0.4) is 0 Å². The molecule has 0 saturated heterocycles. The lowest BCUT2D eigenvalue weighted by atomic mass is 9.68. The van der Waals surface area contributed by atoms with Gasteiger partial charge >= 0.3 is 0 Å². The molecule has 118 valence electrons. The number of quaternary nitrogens is 1. The fourth-order valence-corrected chi connectivity index (χ4v) is 2.95. The average Bonchev–Trinajstić information content (AvgIpc) is 2.27. The topological polar surface area (TPSA) is 20.2 Å². The SMILES string of the molecule is CC1=CCCC(C)(C)C1C=CC(C)[N+](C)(C)CCO.[I-]. The van der Waals surface area contributed by atoms with Gasteiger partial charge in [0.05, 0.1) is 20.7 Å². The minimum atomic E-state index is 0. The fraction of sp³-hybridized carbons (Fsp3) is 0.765. The van der Waals surface area contributed by atoms with Crippen LogP contribution in [0.1, 0.15) is 40.5 Å². The summed E-state index contributed by atoms with van der Waals surface area (Å²) >= 11 is 0. The fourth-order valence-electron chi connectivity index (χ4n) is 2.95. The lowest BCUT2D eigenvalue weighted by molar-refractivity contribution is -0.906. The van der Waals surface area contributed by atoms with E-state index in [1.165, 1.54) is 18.4 Å². The molecular weight excluding hydrogens is 361 g/mol. The lowest BCUT2D eigenvalue weighted by Crippen LogP contribution is -3.00. The van der Waals surface area contributed by atoms with Gasteiger partial charge in [-0.1, -0.05) is 31.6 Å². The second-order valence-electron chi connectivity index (χ2n) is 7.30. The van der Waals surface area contributed by atoms with Gasteiger partial charge in [-0.05, 0) is 38.2 Å². The van der Waals surface area contributed by atoms with Crippen molar-refractivity contribution in [3.05, 3.63) is 23.8 Å². The third-order valence-electron chi connectivity index (χ3n) is 4.95. The third kappa shape index (κ3) is 5.15. The molecule has 1 aliphatic rings. The third-order valence-corrected chi connectivity index (χ3v) is 4.95. The largest absolute Gasteiger partial charge is 1.00 e. The van der Waals surface area contributed by atoms with Gasteiger partial charge in [0, 0.05) is 5.92 Å². The number of nitrogens with zero attached hydrogens (tertiary/aromatic N) is 1. The molecule has 0 amide bonds. The normalized spacial score (nSPS) is 24.1. The number of likely N-dealkylation sites (N-methyl/N-ethyl adjacent to an activating group) is 1. The van der Waals surface area contributed by atoms with Crippen LogP contribution >= 0.6 is 0 Å². The van der Waals surface area contributed by atoms with Gasteiger partial charge in [0.25, 0.3) is 0 Å². The summed E-state index contributed by atoms with van der Waals surface area (Å²) in [7, 11) is 4.36. The van der Waals surface area contributed by atoms with Crippen LogP contribution < -0.4 is 24.0 Å². The molecule has 0 aromatic carbocycles. The minimum Gasteiger partial charge on any atom is -1.00 e. The van der Waals surface area contributed by atoms with E-state index in [4.69, 9.17) is 5.11 Å². The monoisotopic (exact) mass is 393 g/mol. The Morgan fingerprint density at radius 2 is 2.05 bits per heavy atom. The summed E-state index contributed by atoms with van der Waals surface area (Å²) in [6.07, 6.45) is 9.60. The first-order chi connectivity index (χ1) is 8.70. The van der Waals surface area contributed by atoms with Gasteiger partial charge in [-0.25, -0.2) is 0 Å². The van der Waals surface area contributed by atoms with E-state index in [2.05, 4.69) is 60.0 Å². The van der Waals surface area contributed by atoms with Crippen LogP contribution in [0.25, 0.3) is 0 Å². The maximum absolute atomic E-state index is 9.14. The van der Waals surface area contributed by atoms with Gasteiger partial charge in [0.15, 0.2) is 0 Å². The standard InChI is InChI=1S/C17H32NO.HI/c1-14-8-7-11-17(3,4)16(14)10-9-15(2)18(5,6)12-13-19;/h8-10,15-16,19H,7,11-13H2,1-6H3;1H/q+1;/p-1. The molecule has 3 heteroatoms. The van der Waals surface area contributed by atoms with Crippen molar-refractivity contribution in [1.82, 2.24) is 0 Å². The molecular formula is C17H32INO. The Morgan fingerprint density at radius 3 is 2.55 bits per heavy atom. The zero-order valence-corrected chi connectivity index (χ0v) is 16.1. The summed E-state index contributed by atoms with van der Waals surface area (Å²) in [6.45, 7) is 10.3. The quantitative estimate of drug-likeness (QED) is 0.407.